The van der Waals surface area contributed by atoms with Crippen molar-refractivity contribution in [3.8, 4) is 0 Å². The highest BCUT2D eigenvalue weighted by Gasteiger charge is 2.32. The third-order valence-corrected chi connectivity index (χ3v) is 3.78. The van der Waals surface area contributed by atoms with Crippen LogP contribution in [0.15, 0.2) is 21.9 Å². The van der Waals surface area contributed by atoms with Crippen molar-refractivity contribution in [2.45, 2.75) is 52.4 Å². The summed E-state index contributed by atoms with van der Waals surface area (Å²) in [6.45, 7) is 6.20. The molecule has 0 amide bonds. The molecule has 0 spiro atoms. The molecule has 0 radical (unpaired) electrons. The van der Waals surface area contributed by atoms with Gasteiger partial charge in [0.2, 0.25) is 0 Å². The van der Waals surface area contributed by atoms with Crippen LogP contribution in [0.1, 0.15) is 51.8 Å². The molecule has 1 fully saturated rings. The summed E-state index contributed by atoms with van der Waals surface area (Å²) >= 11 is 0. The number of nitrogens with zero attached hydrogens (tertiary/aromatic N) is 1. The number of nitrogens with one attached hydrogen (secondary N) is 1. The largest absolute Gasteiger partial charge is 0.354 e. The molecule has 2 heterocycles. The Morgan fingerprint density at radius 2 is 2.20 bits per heavy atom. The van der Waals surface area contributed by atoms with Gasteiger partial charge in [0.05, 0.1) is 11.7 Å². The van der Waals surface area contributed by atoms with Crippen molar-refractivity contribution >= 4 is 6.08 Å². The van der Waals surface area contributed by atoms with E-state index in [0.717, 1.165) is 19.3 Å². The van der Waals surface area contributed by atoms with E-state index in [1.165, 1.54) is 4.57 Å². The summed E-state index contributed by atoms with van der Waals surface area (Å²) in [5.74, 6) is 0.415. The van der Waals surface area contributed by atoms with E-state index < -0.39 is 5.69 Å². The van der Waals surface area contributed by atoms with Gasteiger partial charge in [-0.15, -0.1) is 0 Å². The van der Waals surface area contributed by atoms with Crippen LogP contribution in [0.4, 0.5) is 0 Å². The van der Waals surface area contributed by atoms with Gasteiger partial charge >= 0.3 is 5.69 Å². The SMILES string of the molecule is CC/C=C/c1cn(C2CC(C)C(CC)O2)c(=O)[nH]c1=O. The maximum Gasteiger partial charge on any atom is 0.330 e. The zero-order valence-electron chi connectivity index (χ0n) is 12.3. The Hall–Kier alpha value is -1.62. The van der Waals surface area contributed by atoms with Crippen LogP contribution < -0.4 is 11.2 Å². The Morgan fingerprint density at radius 3 is 2.80 bits per heavy atom. The molecule has 0 aromatic carbocycles. The second-order valence-electron chi connectivity index (χ2n) is 5.31. The molecule has 1 aliphatic rings. The zero-order chi connectivity index (χ0) is 14.7. The molecule has 1 aliphatic heterocycles. The minimum absolute atomic E-state index is 0.175. The van der Waals surface area contributed by atoms with E-state index in [1.54, 1.807) is 12.3 Å². The minimum Gasteiger partial charge on any atom is -0.354 e. The van der Waals surface area contributed by atoms with Crippen LogP contribution in [-0.2, 0) is 4.74 Å². The van der Waals surface area contributed by atoms with Crippen LogP contribution in [0.5, 0.6) is 0 Å². The quantitative estimate of drug-likeness (QED) is 0.919. The first-order valence-corrected chi connectivity index (χ1v) is 7.24. The standard InChI is InChI=1S/C15H22N2O3/c1-4-6-7-11-9-17(15(19)16-14(11)18)13-8-10(3)12(5-2)20-13/h6-7,9-10,12-13H,4-5,8H2,1-3H3,(H,16,18,19)/b7-6+. The second kappa shape index (κ2) is 6.22. The van der Waals surface area contributed by atoms with Crippen LogP contribution in [0, 0.1) is 5.92 Å². The fourth-order valence-electron chi connectivity index (χ4n) is 2.62. The maximum atomic E-state index is 12.0. The Bertz CT molecular complexity index is 600. The number of ether oxygens (including phenoxy) is 1. The van der Waals surface area contributed by atoms with Gasteiger partial charge in [0.15, 0.2) is 0 Å². The Morgan fingerprint density at radius 1 is 1.45 bits per heavy atom. The number of hydrogen-bond acceptors (Lipinski definition) is 3. The Balaban J connectivity index is 2.35. The van der Waals surface area contributed by atoms with Crippen molar-refractivity contribution in [1.29, 1.82) is 0 Å². The van der Waals surface area contributed by atoms with E-state index in [2.05, 4.69) is 18.8 Å². The number of rotatable bonds is 4. The number of aromatic amines is 1. The van der Waals surface area contributed by atoms with Crippen molar-refractivity contribution in [3.05, 3.63) is 38.7 Å². The molecule has 0 aliphatic carbocycles. The molecule has 0 saturated carbocycles. The summed E-state index contributed by atoms with van der Waals surface area (Å²) < 4.78 is 7.41. The molecule has 1 saturated heterocycles. The van der Waals surface area contributed by atoms with Crippen molar-refractivity contribution < 1.29 is 4.74 Å². The summed E-state index contributed by atoms with van der Waals surface area (Å²) in [5, 5.41) is 0. The molecule has 5 heteroatoms. The molecule has 3 atom stereocenters. The molecular formula is C15H22N2O3. The molecule has 5 nitrogen and oxygen atoms in total. The van der Waals surface area contributed by atoms with Gasteiger partial charge in [0.1, 0.15) is 6.23 Å². The van der Waals surface area contributed by atoms with Crippen LogP contribution in [-0.4, -0.2) is 15.7 Å². The number of H-pyrrole nitrogens is 1. The van der Waals surface area contributed by atoms with Gasteiger partial charge in [0, 0.05) is 6.20 Å². The van der Waals surface area contributed by atoms with Crippen LogP contribution in [0.25, 0.3) is 6.08 Å². The van der Waals surface area contributed by atoms with E-state index in [0.29, 0.717) is 11.5 Å². The van der Waals surface area contributed by atoms with Crippen LogP contribution in [0.3, 0.4) is 0 Å². The maximum absolute atomic E-state index is 12.0. The predicted molar refractivity (Wildman–Crippen MR) is 78.6 cm³/mol. The number of hydrogen-bond donors (Lipinski definition) is 1. The molecule has 2 rings (SSSR count). The summed E-state index contributed by atoms with van der Waals surface area (Å²) in [7, 11) is 0. The lowest BCUT2D eigenvalue weighted by Gasteiger charge is -2.15. The van der Waals surface area contributed by atoms with Crippen molar-refractivity contribution in [1.82, 2.24) is 9.55 Å². The third-order valence-electron chi connectivity index (χ3n) is 3.78. The first kappa shape index (κ1) is 14.8. The summed E-state index contributed by atoms with van der Waals surface area (Å²) in [6.07, 6.45) is 7.69. The molecule has 110 valence electrons. The van der Waals surface area contributed by atoms with Gasteiger partial charge in [-0.1, -0.05) is 32.9 Å². The van der Waals surface area contributed by atoms with E-state index in [-0.39, 0.29) is 17.9 Å². The third kappa shape index (κ3) is 2.93. The van der Waals surface area contributed by atoms with Gasteiger partial charge in [0.25, 0.3) is 5.56 Å². The van der Waals surface area contributed by atoms with Gasteiger partial charge in [-0.25, -0.2) is 4.79 Å². The van der Waals surface area contributed by atoms with E-state index in [1.807, 2.05) is 13.0 Å². The normalized spacial score (nSPS) is 26.4. The Labute approximate surface area is 118 Å². The smallest absolute Gasteiger partial charge is 0.330 e. The van der Waals surface area contributed by atoms with Crippen LogP contribution >= 0.6 is 0 Å². The van der Waals surface area contributed by atoms with E-state index in [4.69, 9.17) is 4.74 Å². The minimum atomic E-state index is -0.405. The van der Waals surface area contributed by atoms with E-state index >= 15 is 0 Å². The summed E-state index contributed by atoms with van der Waals surface area (Å²) in [5.41, 5.74) is -0.269. The lowest BCUT2D eigenvalue weighted by molar-refractivity contribution is -0.00761. The zero-order valence-corrected chi connectivity index (χ0v) is 12.3. The fourth-order valence-corrected chi connectivity index (χ4v) is 2.62. The highest BCUT2D eigenvalue weighted by atomic mass is 16.5. The molecule has 1 N–H and O–H groups in total. The van der Waals surface area contributed by atoms with Crippen molar-refractivity contribution in [2.75, 3.05) is 0 Å². The number of allylic oxidation sites excluding steroid dienone is 1. The monoisotopic (exact) mass is 278 g/mol. The topological polar surface area (TPSA) is 64.1 Å². The van der Waals surface area contributed by atoms with Crippen molar-refractivity contribution in [3.63, 3.8) is 0 Å². The predicted octanol–water partition coefficient (Wildman–Crippen LogP) is 2.29. The molecule has 0 bridgehead atoms. The first-order chi connectivity index (χ1) is 9.56. The van der Waals surface area contributed by atoms with Gasteiger partial charge < -0.3 is 4.74 Å². The van der Waals surface area contributed by atoms with Gasteiger partial charge in [-0.05, 0) is 25.2 Å². The second-order valence-corrected chi connectivity index (χ2v) is 5.31. The van der Waals surface area contributed by atoms with E-state index in [9.17, 15) is 9.59 Å². The Kier molecular flexibility index (Phi) is 4.60. The average molecular weight is 278 g/mol. The highest BCUT2D eigenvalue weighted by molar-refractivity contribution is 5.46. The molecule has 1 aromatic rings. The molecule has 3 unspecified atom stereocenters. The van der Waals surface area contributed by atoms with Gasteiger partial charge in [-0.3, -0.25) is 14.3 Å². The highest BCUT2D eigenvalue weighted by Crippen LogP contribution is 2.33. The van der Waals surface area contributed by atoms with Gasteiger partial charge in [-0.2, -0.15) is 0 Å². The molecule has 20 heavy (non-hydrogen) atoms. The summed E-state index contributed by atoms with van der Waals surface area (Å²) in [4.78, 5) is 26.1. The lowest BCUT2D eigenvalue weighted by atomic mass is 10.0. The van der Waals surface area contributed by atoms with Crippen LogP contribution in [0.2, 0.25) is 0 Å². The van der Waals surface area contributed by atoms with Crippen molar-refractivity contribution in [2.24, 2.45) is 5.92 Å². The lowest BCUT2D eigenvalue weighted by Crippen LogP contribution is -2.33. The summed E-state index contributed by atoms with van der Waals surface area (Å²) in [6, 6.07) is 0. The first-order valence-electron chi connectivity index (χ1n) is 7.24. The molecule has 1 aromatic heterocycles. The number of aromatic nitrogens is 2. The fraction of sp³-hybridized carbons (Fsp3) is 0.600. The average Bonchev–Trinajstić information content (AvgIpc) is 2.79. The molecular weight excluding hydrogens is 256 g/mol.